The molecular formula is C16H16F2O2. The normalized spacial score (nSPS) is 13.0. The summed E-state index contributed by atoms with van der Waals surface area (Å²) in [6.45, 7) is 0.873. The Morgan fingerprint density at radius 3 is 2.45 bits per heavy atom. The van der Waals surface area contributed by atoms with Gasteiger partial charge in [0.2, 0.25) is 0 Å². The number of hydrogen-bond acceptors (Lipinski definition) is 2. The lowest BCUT2D eigenvalue weighted by atomic mass is 10.1. The van der Waals surface area contributed by atoms with Crippen LogP contribution in [0.4, 0.5) is 8.78 Å². The number of aliphatic hydroxyl groups excluding tert-OH is 1. The fourth-order valence-corrected chi connectivity index (χ4v) is 1.80. The van der Waals surface area contributed by atoms with Gasteiger partial charge in [0.05, 0.1) is 6.10 Å². The van der Waals surface area contributed by atoms with Gasteiger partial charge in [-0.25, -0.2) is 0 Å². The molecule has 0 aliphatic carbocycles. The van der Waals surface area contributed by atoms with Crippen LogP contribution in [0.5, 0.6) is 5.75 Å². The first-order chi connectivity index (χ1) is 9.49. The van der Waals surface area contributed by atoms with Crippen molar-refractivity contribution in [2.24, 2.45) is 0 Å². The quantitative estimate of drug-likeness (QED) is 0.898. The fraction of sp³-hybridized carbons (Fsp3) is 0.250. The highest BCUT2D eigenvalue weighted by atomic mass is 19.3. The molecule has 4 heteroatoms. The van der Waals surface area contributed by atoms with Gasteiger partial charge in [0.1, 0.15) is 5.75 Å². The van der Waals surface area contributed by atoms with E-state index in [-0.39, 0.29) is 5.56 Å². The molecule has 0 heterocycles. The highest BCUT2D eigenvalue weighted by Gasteiger charge is 2.32. The van der Waals surface area contributed by atoms with Crippen molar-refractivity contribution in [2.75, 3.05) is 6.61 Å². The van der Waals surface area contributed by atoms with Crippen LogP contribution in [0.1, 0.15) is 24.2 Å². The van der Waals surface area contributed by atoms with E-state index in [1.165, 1.54) is 12.1 Å². The summed E-state index contributed by atoms with van der Waals surface area (Å²) in [7, 11) is 0. The first-order valence-electron chi connectivity index (χ1n) is 6.33. The van der Waals surface area contributed by atoms with Gasteiger partial charge >= 0.3 is 5.92 Å². The zero-order valence-electron chi connectivity index (χ0n) is 11.1. The van der Waals surface area contributed by atoms with Crippen LogP contribution in [0.25, 0.3) is 0 Å². The predicted molar refractivity (Wildman–Crippen MR) is 72.9 cm³/mol. The van der Waals surface area contributed by atoms with Crippen molar-refractivity contribution in [1.29, 1.82) is 0 Å². The largest absolute Gasteiger partial charge is 0.487 e. The summed E-state index contributed by atoms with van der Waals surface area (Å²) >= 11 is 0. The minimum atomic E-state index is -3.05. The molecule has 0 unspecified atom stereocenters. The zero-order valence-corrected chi connectivity index (χ0v) is 11.1. The summed E-state index contributed by atoms with van der Waals surface area (Å²) in [5, 5.41) is 9.45. The van der Waals surface area contributed by atoms with Gasteiger partial charge in [0.15, 0.2) is 6.61 Å². The summed E-state index contributed by atoms with van der Waals surface area (Å²) in [5.74, 6) is -2.73. The lowest BCUT2D eigenvalue weighted by molar-refractivity contribution is -0.0467. The monoisotopic (exact) mass is 278 g/mol. The molecule has 1 atom stereocenters. The third-order valence-corrected chi connectivity index (χ3v) is 2.96. The van der Waals surface area contributed by atoms with E-state index in [1.807, 2.05) is 0 Å². The van der Waals surface area contributed by atoms with E-state index in [1.54, 1.807) is 49.4 Å². The molecule has 0 fully saturated rings. The van der Waals surface area contributed by atoms with Crippen LogP contribution in [0.15, 0.2) is 54.6 Å². The molecule has 0 aromatic heterocycles. The third-order valence-electron chi connectivity index (χ3n) is 2.96. The number of alkyl halides is 2. The maximum absolute atomic E-state index is 13.9. The van der Waals surface area contributed by atoms with Gasteiger partial charge in [-0.2, -0.15) is 8.78 Å². The molecule has 2 rings (SSSR count). The molecule has 2 aromatic rings. The van der Waals surface area contributed by atoms with E-state index < -0.39 is 18.6 Å². The van der Waals surface area contributed by atoms with Crippen molar-refractivity contribution < 1.29 is 18.6 Å². The van der Waals surface area contributed by atoms with Gasteiger partial charge in [-0.05, 0) is 24.6 Å². The number of halogens is 2. The average molecular weight is 278 g/mol. The van der Waals surface area contributed by atoms with Crippen molar-refractivity contribution >= 4 is 0 Å². The molecule has 1 N–H and O–H groups in total. The summed E-state index contributed by atoms with van der Waals surface area (Å²) in [4.78, 5) is 0. The second-order valence-electron chi connectivity index (χ2n) is 4.61. The van der Waals surface area contributed by atoms with Crippen LogP contribution < -0.4 is 4.74 Å². The molecule has 0 amide bonds. The van der Waals surface area contributed by atoms with E-state index >= 15 is 0 Å². The van der Waals surface area contributed by atoms with E-state index in [9.17, 15) is 13.9 Å². The standard InChI is InChI=1S/C16H16F2O2/c1-12(19)13-6-5-9-15(10-13)20-11-16(17,18)14-7-3-2-4-8-14/h2-10,12,19H,11H2,1H3/t12-/m0/s1. The first kappa shape index (κ1) is 14.5. The lowest BCUT2D eigenvalue weighted by Crippen LogP contribution is -2.23. The van der Waals surface area contributed by atoms with Gasteiger partial charge in [-0.1, -0.05) is 42.5 Å². The van der Waals surface area contributed by atoms with Crippen molar-refractivity contribution in [1.82, 2.24) is 0 Å². The first-order valence-corrected chi connectivity index (χ1v) is 6.33. The van der Waals surface area contributed by atoms with Crippen molar-refractivity contribution in [2.45, 2.75) is 19.0 Å². The minimum absolute atomic E-state index is 0.0771. The number of hydrogen-bond donors (Lipinski definition) is 1. The maximum Gasteiger partial charge on any atom is 0.306 e. The van der Waals surface area contributed by atoms with Crippen molar-refractivity contribution in [3.63, 3.8) is 0 Å². The zero-order chi connectivity index (χ0) is 14.6. The topological polar surface area (TPSA) is 29.5 Å². The molecule has 0 spiro atoms. The van der Waals surface area contributed by atoms with Gasteiger partial charge in [-0.3, -0.25) is 0 Å². The predicted octanol–water partition coefficient (Wildman–Crippen LogP) is 3.91. The molecule has 2 aromatic carbocycles. The summed E-state index contributed by atoms with van der Waals surface area (Å²) in [6.07, 6.45) is -0.659. The molecule has 0 aliphatic rings. The molecule has 0 radical (unpaired) electrons. The van der Waals surface area contributed by atoms with E-state index in [0.29, 0.717) is 11.3 Å². The second kappa shape index (κ2) is 6.01. The Labute approximate surface area is 116 Å². The number of rotatable bonds is 5. The second-order valence-corrected chi connectivity index (χ2v) is 4.61. The Morgan fingerprint density at radius 2 is 1.80 bits per heavy atom. The Morgan fingerprint density at radius 1 is 1.10 bits per heavy atom. The lowest BCUT2D eigenvalue weighted by Gasteiger charge is -2.18. The molecule has 0 bridgehead atoms. The van der Waals surface area contributed by atoms with Crippen LogP contribution in [-0.4, -0.2) is 11.7 Å². The average Bonchev–Trinajstić information content (AvgIpc) is 2.46. The molecule has 20 heavy (non-hydrogen) atoms. The number of aliphatic hydroxyl groups is 1. The highest BCUT2D eigenvalue weighted by Crippen LogP contribution is 2.29. The summed E-state index contributed by atoms with van der Waals surface area (Å²) < 4.78 is 33.0. The van der Waals surface area contributed by atoms with Gasteiger partial charge < -0.3 is 9.84 Å². The number of ether oxygens (including phenoxy) is 1. The minimum Gasteiger partial charge on any atom is -0.487 e. The summed E-state index contributed by atoms with van der Waals surface area (Å²) in [6, 6.07) is 14.1. The van der Waals surface area contributed by atoms with E-state index in [2.05, 4.69) is 0 Å². The summed E-state index contributed by atoms with van der Waals surface area (Å²) in [5.41, 5.74) is 0.553. The number of benzene rings is 2. The molecule has 0 saturated carbocycles. The van der Waals surface area contributed by atoms with Crippen LogP contribution in [0.2, 0.25) is 0 Å². The van der Waals surface area contributed by atoms with Crippen LogP contribution >= 0.6 is 0 Å². The Balaban J connectivity index is 2.06. The molecular weight excluding hydrogens is 262 g/mol. The Kier molecular flexibility index (Phi) is 4.35. The molecule has 0 aliphatic heterocycles. The van der Waals surface area contributed by atoms with Gasteiger partial charge in [-0.15, -0.1) is 0 Å². The maximum atomic E-state index is 13.9. The Bertz CT molecular complexity index is 553. The SMILES string of the molecule is C[C@H](O)c1cccc(OCC(F)(F)c2ccccc2)c1. The van der Waals surface area contributed by atoms with Crippen LogP contribution in [-0.2, 0) is 5.92 Å². The molecule has 2 nitrogen and oxygen atoms in total. The van der Waals surface area contributed by atoms with Crippen molar-refractivity contribution in [3.8, 4) is 5.75 Å². The van der Waals surface area contributed by atoms with E-state index in [4.69, 9.17) is 4.74 Å². The highest BCUT2D eigenvalue weighted by molar-refractivity contribution is 5.30. The van der Waals surface area contributed by atoms with Crippen LogP contribution in [0, 0.1) is 0 Å². The smallest absolute Gasteiger partial charge is 0.306 e. The third kappa shape index (κ3) is 3.54. The van der Waals surface area contributed by atoms with E-state index in [0.717, 1.165) is 0 Å². The molecule has 106 valence electrons. The fourth-order valence-electron chi connectivity index (χ4n) is 1.80. The van der Waals surface area contributed by atoms with Gasteiger partial charge in [0, 0.05) is 5.56 Å². The molecule has 0 saturated heterocycles. The Hall–Kier alpha value is -1.94. The van der Waals surface area contributed by atoms with Crippen molar-refractivity contribution in [3.05, 3.63) is 65.7 Å². The van der Waals surface area contributed by atoms with Crippen LogP contribution in [0.3, 0.4) is 0 Å². The van der Waals surface area contributed by atoms with Gasteiger partial charge in [0.25, 0.3) is 0 Å².